The van der Waals surface area contributed by atoms with Crippen molar-refractivity contribution >= 4 is 5.71 Å². The summed E-state index contributed by atoms with van der Waals surface area (Å²) in [7, 11) is 1.47. The highest BCUT2D eigenvalue weighted by atomic mass is 16.6. The van der Waals surface area contributed by atoms with Crippen LogP contribution in [-0.4, -0.2) is 35.2 Å². The first-order valence-corrected chi connectivity index (χ1v) is 4.11. The van der Waals surface area contributed by atoms with E-state index in [9.17, 15) is 10.2 Å². The van der Waals surface area contributed by atoms with Crippen LogP contribution in [-0.2, 0) is 4.84 Å². The molecule has 4 nitrogen and oxygen atoms in total. The van der Waals surface area contributed by atoms with E-state index in [0.717, 1.165) is 5.71 Å². The molecule has 12 heavy (non-hydrogen) atoms. The van der Waals surface area contributed by atoms with Crippen LogP contribution in [0.5, 0.6) is 0 Å². The van der Waals surface area contributed by atoms with Crippen LogP contribution in [0.4, 0.5) is 0 Å². The Hall–Kier alpha value is -0.610. The van der Waals surface area contributed by atoms with E-state index in [1.54, 1.807) is 0 Å². The molecule has 0 aromatic carbocycles. The molecule has 70 valence electrons. The molecule has 0 radical (unpaired) electrons. The third kappa shape index (κ3) is 1.95. The molecule has 0 heterocycles. The molecule has 4 heteroatoms. The molecular weight excluding hydrogens is 158 g/mol. The van der Waals surface area contributed by atoms with Crippen molar-refractivity contribution < 1.29 is 15.1 Å². The molecule has 0 aliphatic heterocycles. The van der Waals surface area contributed by atoms with Crippen LogP contribution < -0.4 is 0 Å². The highest BCUT2D eigenvalue weighted by Gasteiger charge is 2.30. The summed E-state index contributed by atoms with van der Waals surface area (Å²) in [6.07, 6.45) is -0.0385. The van der Waals surface area contributed by atoms with Crippen molar-refractivity contribution in [3.05, 3.63) is 0 Å². The van der Waals surface area contributed by atoms with Crippen molar-refractivity contribution in [1.29, 1.82) is 0 Å². The molecule has 0 saturated heterocycles. The Bertz CT molecular complexity index is 181. The van der Waals surface area contributed by atoms with Gasteiger partial charge < -0.3 is 15.1 Å². The molecule has 2 N–H and O–H groups in total. The number of hydrogen-bond acceptors (Lipinski definition) is 4. The summed E-state index contributed by atoms with van der Waals surface area (Å²) >= 11 is 0. The number of oxime groups is 1. The van der Waals surface area contributed by atoms with Gasteiger partial charge in [-0.3, -0.25) is 0 Å². The zero-order chi connectivity index (χ0) is 9.14. The summed E-state index contributed by atoms with van der Waals surface area (Å²) in [6.45, 7) is 1.88. The Labute approximate surface area is 71.8 Å². The molecule has 1 fully saturated rings. The molecule has 0 bridgehead atoms. The largest absolute Gasteiger partial charge is 0.399 e. The maximum atomic E-state index is 9.45. The predicted molar refractivity (Wildman–Crippen MR) is 44.9 cm³/mol. The fraction of sp³-hybridized carbons (Fsp3) is 0.875. The van der Waals surface area contributed by atoms with Gasteiger partial charge in [0.15, 0.2) is 0 Å². The van der Waals surface area contributed by atoms with Gasteiger partial charge >= 0.3 is 0 Å². The smallest absolute Gasteiger partial charge is 0.106 e. The average Bonchev–Trinajstić information content (AvgIpc) is 2.00. The molecule has 0 aromatic rings. The van der Waals surface area contributed by atoms with Crippen LogP contribution in [0, 0.1) is 5.92 Å². The van der Waals surface area contributed by atoms with Crippen molar-refractivity contribution in [2.45, 2.75) is 32.0 Å². The highest BCUT2D eigenvalue weighted by Crippen LogP contribution is 2.22. The molecule has 1 saturated carbocycles. The lowest BCUT2D eigenvalue weighted by Crippen LogP contribution is -2.37. The third-order valence-corrected chi connectivity index (χ3v) is 2.27. The minimum Gasteiger partial charge on any atom is -0.399 e. The molecule has 0 aromatic heterocycles. The Balaban J connectivity index is 2.66. The van der Waals surface area contributed by atoms with Crippen LogP contribution in [0.1, 0.15) is 19.8 Å². The van der Waals surface area contributed by atoms with Crippen molar-refractivity contribution in [3.63, 3.8) is 0 Å². The number of nitrogens with zero attached hydrogens (tertiary/aromatic N) is 1. The summed E-state index contributed by atoms with van der Waals surface area (Å²) in [5.74, 6) is -0.00616. The van der Waals surface area contributed by atoms with Gasteiger partial charge in [-0.1, -0.05) is 12.1 Å². The van der Waals surface area contributed by atoms with Gasteiger partial charge in [0.05, 0.1) is 17.9 Å². The Morgan fingerprint density at radius 2 is 2.17 bits per heavy atom. The maximum absolute atomic E-state index is 9.45. The first-order valence-electron chi connectivity index (χ1n) is 4.11. The predicted octanol–water partition coefficient (Wildman–Crippen LogP) is 0.141. The van der Waals surface area contributed by atoms with Crippen molar-refractivity contribution in [1.82, 2.24) is 0 Å². The second-order valence-corrected chi connectivity index (χ2v) is 3.21. The Morgan fingerprint density at radius 1 is 1.50 bits per heavy atom. The summed E-state index contributed by atoms with van der Waals surface area (Å²) in [5.41, 5.74) is 0.740. The van der Waals surface area contributed by atoms with E-state index >= 15 is 0 Å². The van der Waals surface area contributed by atoms with Gasteiger partial charge in [-0.05, 0) is 0 Å². The first-order chi connectivity index (χ1) is 5.65. The molecule has 1 aliphatic rings. The number of rotatable bonds is 1. The van der Waals surface area contributed by atoms with Crippen LogP contribution >= 0.6 is 0 Å². The summed E-state index contributed by atoms with van der Waals surface area (Å²) in [4.78, 5) is 4.61. The fourth-order valence-electron chi connectivity index (χ4n) is 1.45. The first kappa shape index (κ1) is 9.48. The van der Waals surface area contributed by atoms with E-state index in [0.29, 0.717) is 12.8 Å². The lowest BCUT2D eigenvalue weighted by Gasteiger charge is -2.28. The number of hydrogen-bond donors (Lipinski definition) is 2. The molecular formula is C8H15NO3. The molecule has 1 unspecified atom stereocenters. The number of aliphatic hydroxyl groups is 2. The Morgan fingerprint density at radius 3 is 2.75 bits per heavy atom. The van der Waals surface area contributed by atoms with E-state index in [4.69, 9.17) is 0 Å². The minimum atomic E-state index is -0.498. The van der Waals surface area contributed by atoms with Gasteiger partial charge in [0.1, 0.15) is 7.11 Å². The molecule has 1 aliphatic carbocycles. The van der Waals surface area contributed by atoms with E-state index < -0.39 is 12.2 Å². The second kappa shape index (κ2) is 3.87. The zero-order valence-corrected chi connectivity index (χ0v) is 7.40. The lowest BCUT2D eigenvalue weighted by atomic mass is 9.84. The molecule has 0 amide bonds. The third-order valence-electron chi connectivity index (χ3n) is 2.27. The van der Waals surface area contributed by atoms with E-state index in [-0.39, 0.29) is 5.92 Å². The van der Waals surface area contributed by atoms with Crippen molar-refractivity contribution in [2.24, 2.45) is 11.1 Å². The van der Waals surface area contributed by atoms with E-state index in [1.165, 1.54) is 7.11 Å². The van der Waals surface area contributed by atoms with Crippen molar-refractivity contribution in [2.75, 3.05) is 7.11 Å². The average molecular weight is 173 g/mol. The number of aliphatic hydroxyl groups excluding tert-OH is 2. The molecule has 1 rings (SSSR count). The summed E-state index contributed by atoms with van der Waals surface area (Å²) in [5, 5.41) is 22.5. The van der Waals surface area contributed by atoms with Gasteiger partial charge in [-0.2, -0.15) is 0 Å². The van der Waals surface area contributed by atoms with Gasteiger partial charge in [-0.25, -0.2) is 0 Å². The van der Waals surface area contributed by atoms with Gasteiger partial charge in [0.25, 0.3) is 0 Å². The van der Waals surface area contributed by atoms with E-state index in [2.05, 4.69) is 9.99 Å². The molecule has 3 atom stereocenters. The highest BCUT2D eigenvalue weighted by molar-refractivity contribution is 5.87. The topological polar surface area (TPSA) is 62.0 Å². The second-order valence-electron chi connectivity index (χ2n) is 3.21. The van der Waals surface area contributed by atoms with Crippen LogP contribution in [0.2, 0.25) is 0 Å². The van der Waals surface area contributed by atoms with Gasteiger partial charge in [0.2, 0.25) is 0 Å². The monoisotopic (exact) mass is 173 g/mol. The lowest BCUT2D eigenvalue weighted by molar-refractivity contribution is 0.0490. The van der Waals surface area contributed by atoms with E-state index in [1.807, 2.05) is 6.92 Å². The van der Waals surface area contributed by atoms with Crippen LogP contribution in [0.3, 0.4) is 0 Å². The van der Waals surface area contributed by atoms with Crippen LogP contribution in [0.25, 0.3) is 0 Å². The summed E-state index contributed by atoms with van der Waals surface area (Å²) in [6, 6.07) is 0. The molecule has 0 spiro atoms. The maximum Gasteiger partial charge on any atom is 0.106 e. The normalized spacial score (nSPS) is 40.0. The standard InChI is InChI=1S/C8H15NO3/c1-5-7(9-12-2)3-6(10)4-8(5)11/h5-6,8,10-11H,3-4H2,1-2H3/t5?,6-,8+/m1/s1. The van der Waals surface area contributed by atoms with Gasteiger partial charge in [0, 0.05) is 18.8 Å². The summed E-state index contributed by atoms with van der Waals surface area (Å²) < 4.78 is 0. The SMILES string of the molecule is CON=C1C[C@@H](O)C[C@H](O)C1C. The van der Waals surface area contributed by atoms with Gasteiger partial charge in [-0.15, -0.1) is 0 Å². The Kier molecular flexibility index (Phi) is 3.05. The van der Waals surface area contributed by atoms with Crippen LogP contribution in [0.15, 0.2) is 5.16 Å². The quantitative estimate of drug-likeness (QED) is 0.554. The zero-order valence-electron chi connectivity index (χ0n) is 7.40. The fourth-order valence-corrected chi connectivity index (χ4v) is 1.45. The van der Waals surface area contributed by atoms with Crippen molar-refractivity contribution in [3.8, 4) is 0 Å². The minimum absolute atomic E-state index is 0.00616.